The molecule has 0 unspecified atom stereocenters. The monoisotopic (exact) mass is 514 g/mol. The van der Waals surface area contributed by atoms with Crippen LogP contribution in [-0.2, 0) is 14.9 Å². The lowest BCUT2D eigenvalue weighted by atomic mass is 9.99. The highest BCUT2D eigenvalue weighted by molar-refractivity contribution is 7.90. The van der Waals surface area contributed by atoms with E-state index in [0.717, 1.165) is 32.8 Å². The van der Waals surface area contributed by atoms with Gasteiger partial charge in [0.1, 0.15) is 6.34 Å². The van der Waals surface area contributed by atoms with Gasteiger partial charge in [0.2, 0.25) is 0 Å². The third-order valence-electron chi connectivity index (χ3n) is 5.31. The van der Waals surface area contributed by atoms with Crippen molar-refractivity contribution in [2.75, 3.05) is 47.2 Å². The third kappa shape index (κ3) is 5.90. The Morgan fingerprint density at radius 2 is 1.60 bits per heavy atom. The van der Waals surface area contributed by atoms with E-state index in [-0.39, 0.29) is 10.8 Å². The zero-order valence-electron chi connectivity index (χ0n) is 20.9. The maximum absolute atomic E-state index is 12.5. The van der Waals surface area contributed by atoms with Gasteiger partial charge in [-0.2, -0.15) is 8.42 Å². The van der Waals surface area contributed by atoms with Crippen molar-refractivity contribution in [1.29, 1.82) is 0 Å². The number of nitrogens with zero attached hydrogens (tertiary/aromatic N) is 4. The summed E-state index contributed by atoms with van der Waals surface area (Å²) in [6, 6.07) is 14.7. The van der Waals surface area contributed by atoms with Crippen molar-refractivity contribution in [1.82, 2.24) is 9.96 Å². The van der Waals surface area contributed by atoms with Crippen molar-refractivity contribution in [3.05, 3.63) is 59.0 Å². The van der Waals surface area contributed by atoms with Crippen molar-refractivity contribution < 1.29 is 18.0 Å². The van der Waals surface area contributed by atoms with E-state index >= 15 is 0 Å². The van der Waals surface area contributed by atoms with Crippen LogP contribution >= 0.6 is 11.3 Å². The first-order chi connectivity index (χ1) is 16.4. The Morgan fingerprint density at radius 1 is 0.971 bits per heavy atom. The fourth-order valence-electron chi connectivity index (χ4n) is 3.43. The van der Waals surface area contributed by atoms with Crippen LogP contribution in [0.5, 0.6) is 0 Å². The average molecular weight is 515 g/mol. The summed E-state index contributed by atoms with van der Waals surface area (Å²) in [7, 11) is 6.59. The molecule has 8 nitrogen and oxygen atoms in total. The van der Waals surface area contributed by atoms with Gasteiger partial charge in [0.05, 0.1) is 16.9 Å². The van der Waals surface area contributed by atoms with E-state index in [1.165, 1.54) is 29.8 Å². The summed E-state index contributed by atoms with van der Waals surface area (Å²) in [5.74, 6) is -0.203. The molecule has 0 N–H and O–H groups in total. The Kier molecular flexibility index (Phi) is 7.99. The summed E-state index contributed by atoms with van der Waals surface area (Å²) in [5, 5.41) is 1.20. The third-order valence-corrected chi connectivity index (χ3v) is 7.82. The van der Waals surface area contributed by atoms with Crippen LogP contribution in [0.3, 0.4) is 0 Å². The fourth-order valence-corrected chi connectivity index (χ4v) is 5.48. The van der Waals surface area contributed by atoms with Gasteiger partial charge in [-0.15, -0.1) is 15.7 Å². The van der Waals surface area contributed by atoms with Gasteiger partial charge in [0, 0.05) is 51.4 Å². The van der Waals surface area contributed by atoms with Crippen LogP contribution in [0.15, 0.2) is 57.8 Å². The van der Waals surface area contributed by atoms with E-state index in [1.807, 2.05) is 44.1 Å². The zero-order chi connectivity index (χ0) is 25.9. The number of thiophene rings is 1. The summed E-state index contributed by atoms with van der Waals surface area (Å²) in [6.07, 6.45) is 1.27. The Morgan fingerprint density at radius 3 is 2.17 bits per heavy atom. The Balaban J connectivity index is 2.04. The van der Waals surface area contributed by atoms with E-state index in [9.17, 15) is 13.2 Å². The summed E-state index contributed by atoms with van der Waals surface area (Å²) in [6.45, 7) is 1.98. The molecule has 0 spiro atoms. The maximum atomic E-state index is 12.5. The summed E-state index contributed by atoms with van der Waals surface area (Å²) >= 11 is 1.41. The lowest BCUT2D eigenvalue weighted by Gasteiger charge is -2.19. The summed E-state index contributed by atoms with van der Waals surface area (Å²) < 4.78 is 28.7. The highest BCUT2D eigenvalue weighted by atomic mass is 32.2. The van der Waals surface area contributed by atoms with Gasteiger partial charge >= 0.3 is 0 Å². The van der Waals surface area contributed by atoms with Crippen LogP contribution in [0.2, 0.25) is 0 Å². The molecule has 0 aliphatic heterocycles. The number of carbonyl (C=O) groups excluding carboxylic acids is 1. The molecule has 2 aromatic carbocycles. The number of amides is 1. The van der Waals surface area contributed by atoms with Gasteiger partial charge in [-0.05, 0) is 53.9 Å². The van der Waals surface area contributed by atoms with Crippen molar-refractivity contribution in [2.45, 2.75) is 11.8 Å². The van der Waals surface area contributed by atoms with Crippen molar-refractivity contribution in [2.24, 2.45) is 4.40 Å². The molecule has 0 atom stereocenters. The van der Waals surface area contributed by atoms with E-state index in [2.05, 4.69) is 10.5 Å². The predicted molar refractivity (Wildman–Crippen MR) is 143 cm³/mol. The van der Waals surface area contributed by atoms with E-state index < -0.39 is 10.0 Å². The van der Waals surface area contributed by atoms with Crippen LogP contribution in [0.1, 0.15) is 15.2 Å². The second-order valence-electron chi connectivity index (χ2n) is 8.42. The number of carbonyl (C=O) groups is 1. The SMILES string of the molecule is CON(C)C(=O)c1cc(C)c(-c2ccc(N(C)C)c(-c3ccc(S(=O)(=O)N=CN(C)C)cc3)c2)s1. The molecule has 0 saturated heterocycles. The van der Waals surface area contributed by atoms with Crippen molar-refractivity contribution >= 4 is 39.3 Å². The fraction of sp³-hybridized carbons (Fsp3) is 0.280. The molecule has 0 fully saturated rings. The molecular formula is C25H30N4O4S2. The zero-order valence-corrected chi connectivity index (χ0v) is 22.6. The minimum Gasteiger partial charge on any atom is -0.377 e. The largest absolute Gasteiger partial charge is 0.377 e. The van der Waals surface area contributed by atoms with E-state index in [1.54, 1.807) is 50.3 Å². The Bertz CT molecular complexity index is 1340. The predicted octanol–water partition coefficient (Wildman–Crippen LogP) is 4.37. The number of benzene rings is 2. The van der Waals surface area contributed by atoms with Gasteiger partial charge in [-0.1, -0.05) is 18.2 Å². The van der Waals surface area contributed by atoms with Gasteiger partial charge in [0.15, 0.2) is 0 Å². The molecule has 35 heavy (non-hydrogen) atoms. The van der Waals surface area contributed by atoms with Crippen LogP contribution < -0.4 is 4.90 Å². The number of rotatable bonds is 8. The van der Waals surface area contributed by atoms with Crippen LogP contribution in [0.25, 0.3) is 21.6 Å². The normalized spacial score (nSPS) is 11.6. The first kappa shape index (κ1) is 26.4. The molecule has 186 valence electrons. The number of anilines is 1. The van der Waals surface area contributed by atoms with E-state index in [4.69, 9.17) is 4.84 Å². The van der Waals surface area contributed by atoms with Gasteiger partial charge < -0.3 is 9.80 Å². The number of aryl methyl sites for hydroxylation is 1. The number of hydroxylamine groups is 2. The lowest BCUT2D eigenvalue weighted by molar-refractivity contribution is -0.0753. The maximum Gasteiger partial charge on any atom is 0.287 e. The molecule has 0 saturated carbocycles. The quantitative estimate of drug-likeness (QED) is 0.252. The molecule has 0 bridgehead atoms. The Labute approximate surface area is 211 Å². The second-order valence-corrected chi connectivity index (χ2v) is 11.1. The molecule has 1 amide bonds. The molecule has 1 heterocycles. The molecule has 10 heteroatoms. The van der Waals surface area contributed by atoms with Gasteiger partial charge in [-0.25, -0.2) is 5.06 Å². The summed E-state index contributed by atoms with van der Waals surface area (Å²) in [4.78, 5) is 22.9. The van der Waals surface area contributed by atoms with Gasteiger partial charge in [-0.3, -0.25) is 9.63 Å². The van der Waals surface area contributed by atoms with Crippen molar-refractivity contribution in [3.8, 4) is 21.6 Å². The number of sulfonamides is 1. The van der Waals surface area contributed by atoms with Crippen LogP contribution in [0.4, 0.5) is 5.69 Å². The van der Waals surface area contributed by atoms with Gasteiger partial charge in [0.25, 0.3) is 15.9 Å². The first-order valence-corrected chi connectivity index (χ1v) is 13.0. The minimum absolute atomic E-state index is 0.126. The molecule has 0 aliphatic rings. The standard InChI is InChI=1S/C25H30N4O4S2/c1-17-14-23(25(30)29(6)33-7)34-24(17)19-10-13-22(28(4)5)21(15-19)18-8-11-20(12-9-18)35(31,32)26-16-27(2)3/h8-16H,1-7H3. The van der Waals surface area contributed by atoms with Crippen LogP contribution in [0, 0.1) is 6.92 Å². The lowest BCUT2D eigenvalue weighted by Crippen LogP contribution is -2.24. The Hall–Kier alpha value is -3.21. The summed E-state index contributed by atoms with van der Waals surface area (Å²) in [5.41, 5.74) is 4.77. The highest BCUT2D eigenvalue weighted by Crippen LogP contribution is 2.39. The molecule has 0 aliphatic carbocycles. The van der Waals surface area contributed by atoms with E-state index in [0.29, 0.717) is 4.88 Å². The highest BCUT2D eigenvalue weighted by Gasteiger charge is 2.19. The van der Waals surface area contributed by atoms with Crippen LogP contribution in [-0.4, -0.2) is 73.0 Å². The number of hydrogen-bond donors (Lipinski definition) is 0. The average Bonchev–Trinajstić information content (AvgIpc) is 3.23. The number of hydrogen-bond acceptors (Lipinski definition) is 6. The molecule has 3 rings (SSSR count). The first-order valence-electron chi connectivity index (χ1n) is 10.8. The molecule has 1 aromatic heterocycles. The topological polar surface area (TPSA) is 82.5 Å². The van der Waals surface area contributed by atoms with Crippen molar-refractivity contribution in [3.63, 3.8) is 0 Å². The molecule has 3 aromatic rings. The molecule has 0 radical (unpaired) electrons. The smallest absolute Gasteiger partial charge is 0.287 e. The molecular weight excluding hydrogens is 484 g/mol. The second kappa shape index (κ2) is 10.6. The minimum atomic E-state index is -3.78.